The van der Waals surface area contributed by atoms with Crippen molar-refractivity contribution in [2.24, 2.45) is 5.73 Å². The molecule has 0 amide bonds. The van der Waals surface area contributed by atoms with Gasteiger partial charge in [-0.05, 0) is 56.2 Å². The lowest BCUT2D eigenvalue weighted by atomic mass is 10.0. The van der Waals surface area contributed by atoms with E-state index in [1.807, 2.05) is 0 Å². The second-order valence-electron chi connectivity index (χ2n) is 6.36. The molecule has 1 saturated heterocycles. The van der Waals surface area contributed by atoms with E-state index < -0.39 is 0 Å². The molecule has 0 aromatic heterocycles. The van der Waals surface area contributed by atoms with Crippen LogP contribution in [0.2, 0.25) is 0 Å². The van der Waals surface area contributed by atoms with E-state index in [1.54, 1.807) is 0 Å². The van der Waals surface area contributed by atoms with Crippen LogP contribution in [0, 0.1) is 6.92 Å². The Morgan fingerprint density at radius 3 is 2.81 bits per heavy atom. The molecule has 0 saturated carbocycles. The molecule has 2 atom stereocenters. The van der Waals surface area contributed by atoms with Crippen LogP contribution in [0.1, 0.15) is 43.7 Å². The van der Waals surface area contributed by atoms with Crippen LogP contribution in [-0.2, 0) is 11.2 Å². The zero-order valence-corrected chi connectivity index (χ0v) is 13.8. The fraction of sp³-hybridized carbons (Fsp3) is 0.667. The lowest BCUT2D eigenvalue weighted by Gasteiger charge is -2.29. The summed E-state index contributed by atoms with van der Waals surface area (Å²) in [5, 5.41) is 0. The monoisotopic (exact) mass is 290 g/mol. The summed E-state index contributed by atoms with van der Waals surface area (Å²) in [6.07, 6.45) is 6.08. The third kappa shape index (κ3) is 4.72. The van der Waals surface area contributed by atoms with E-state index in [4.69, 9.17) is 10.5 Å². The van der Waals surface area contributed by atoms with Gasteiger partial charge in [0.15, 0.2) is 0 Å². The van der Waals surface area contributed by atoms with Crippen LogP contribution in [0.3, 0.4) is 0 Å². The van der Waals surface area contributed by atoms with E-state index in [-0.39, 0.29) is 6.04 Å². The first kappa shape index (κ1) is 16.3. The largest absolute Gasteiger partial charge is 0.376 e. The van der Waals surface area contributed by atoms with Crippen molar-refractivity contribution in [1.82, 2.24) is 0 Å². The minimum Gasteiger partial charge on any atom is -0.376 e. The predicted molar refractivity (Wildman–Crippen MR) is 90.0 cm³/mol. The van der Waals surface area contributed by atoms with Crippen molar-refractivity contribution in [2.45, 2.75) is 58.1 Å². The first-order valence-electron chi connectivity index (χ1n) is 8.28. The van der Waals surface area contributed by atoms with Gasteiger partial charge in [0.25, 0.3) is 0 Å². The molecule has 3 nitrogen and oxygen atoms in total. The van der Waals surface area contributed by atoms with Gasteiger partial charge in [0.1, 0.15) is 0 Å². The molecule has 0 radical (unpaired) electrons. The SMILES string of the molecule is CCC(N)Cc1ccc(N(C)CC2CCCCO2)c(C)c1. The molecule has 1 aliphatic heterocycles. The van der Waals surface area contributed by atoms with E-state index in [1.165, 1.54) is 36.1 Å². The van der Waals surface area contributed by atoms with Crippen LogP contribution in [0.15, 0.2) is 18.2 Å². The fourth-order valence-electron chi connectivity index (χ4n) is 3.08. The van der Waals surface area contributed by atoms with Crippen molar-refractivity contribution in [3.63, 3.8) is 0 Å². The normalized spacial score (nSPS) is 20.3. The van der Waals surface area contributed by atoms with Crippen LogP contribution in [0.5, 0.6) is 0 Å². The molecule has 0 spiro atoms. The van der Waals surface area contributed by atoms with Gasteiger partial charge < -0.3 is 15.4 Å². The number of hydrogen-bond acceptors (Lipinski definition) is 3. The summed E-state index contributed by atoms with van der Waals surface area (Å²) in [5.41, 5.74) is 10.0. The highest BCUT2D eigenvalue weighted by Gasteiger charge is 2.17. The molecule has 3 heteroatoms. The van der Waals surface area contributed by atoms with Crippen LogP contribution in [0.25, 0.3) is 0 Å². The molecule has 1 fully saturated rings. The molecule has 2 unspecified atom stereocenters. The summed E-state index contributed by atoms with van der Waals surface area (Å²) in [6, 6.07) is 7.00. The summed E-state index contributed by atoms with van der Waals surface area (Å²) in [7, 11) is 2.16. The first-order chi connectivity index (χ1) is 10.1. The van der Waals surface area contributed by atoms with E-state index in [0.29, 0.717) is 6.10 Å². The van der Waals surface area contributed by atoms with Crippen LogP contribution in [0.4, 0.5) is 5.69 Å². The van der Waals surface area contributed by atoms with Crippen molar-refractivity contribution < 1.29 is 4.74 Å². The minimum absolute atomic E-state index is 0.267. The summed E-state index contributed by atoms with van der Waals surface area (Å²) in [4.78, 5) is 2.33. The number of likely N-dealkylation sites (N-methyl/N-ethyl adjacent to an activating group) is 1. The number of rotatable bonds is 6. The Bertz CT molecular complexity index is 441. The van der Waals surface area contributed by atoms with E-state index in [2.05, 4.69) is 44.0 Å². The number of aryl methyl sites for hydroxylation is 1. The summed E-state index contributed by atoms with van der Waals surface area (Å²) in [5.74, 6) is 0. The smallest absolute Gasteiger partial charge is 0.0749 e. The van der Waals surface area contributed by atoms with Gasteiger partial charge >= 0.3 is 0 Å². The van der Waals surface area contributed by atoms with Crippen LogP contribution >= 0.6 is 0 Å². The topological polar surface area (TPSA) is 38.5 Å². The molecule has 1 aromatic carbocycles. The summed E-state index contributed by atoms with van der Waals surface area (Å²) < 4.78 is 5.84. The number of nitrogens with zero attached hydrogens (tertiary/aromatic N) is 1. The quantitative estimate of drug-likeness (QED) is 0.874. The molecule has 1 aliphatic rings. The number of hydrogen-bond donors (Lipinski definition) is 1. The Labute approximate surface area is 129 Å². The van der Waals surface area contributed by atoms with Crippen molar-refractivity contribution in [2.75, 3.05) is 25.1 Å². The average Bonchev–Trinajstić information content (AvgIpc) is 2.48. The van der Waals surface area contributed by atoms with Gasteiger partial charge in [-0.1, -0.05) is 19.1 Å². The van der Waals surface area contributed by atoms with Gasteiger partial charge in [-0.3, -0.25) is 0 Å². The lowest BCUT2D eigenvalue weighted by Crippen LogP contribution is -2.33. The standard InChI is InChI=1S/C18H30N2O/c1-4-16(19)12-15-8-9-18(14(2)11-15)20(3)13-17-7-5-6-10-21-17/h8-9,11,16-17H,4-7,10,12-13,19H2,1-3H3. The molecule has 1 heterocycles. The molecular weight excluding hydrogens is 260 g/mol. The van der Waals surface area contributed by atoms with Gasteiger partial charge in [-0.2, -0.15) is 0 Å². The molecule has 1 aromatic rings. The number of ether oxygens (including phenoxy) is 1. The van der Waals surface area contributed by atoms with E-state index >= 15 is 0 Å². The summed E-state index contributed by atoms with van der Waals surface area (Å²) >= 11 is 0. The average molecular weight is 290 g/mol. The first-order valence-corrected chi connectivity index (χ1v) is 8.28. The zero-order valence-electron chi connectivity index (χ0n) is 13.8. The van der Waals surface area contributed by atoms with Crippen molar-refractivity contribution in [3.8, 4) is 0 Å². The van der Waals surface area contributed by atoms with Gasteiger partial charge in [0.2, 0.25) is 0 Å². The molecule has 0 aliphatic carbocycles. The van der Waals surface area contributed by atoms with Gasteiger partial charge in [0.05, 0.1) is 6.10 Å². The molecule has 118 valence electrons. The third-order valence-electron chi connectivity index (χ3n) is 4.45. The second kappa shape index (κ2) is 7.81. The maximum absolute atomic E-state index is 6.05. The van der Waals surface area contributed by atoms with Crippen LogP contribution < -0.4 is 10.6 Å². The van der Waals surface area contributed by atoms with Crippen molar-refractivity contribution >= 4 is 5.69 Å². The molecule has 0 bridgehead atoms. The predicted octanol–water partition coefficient (Wildman–Crippen LogP) is 3.28. The Morgan fingerprint density at radius 1 is 1.38 bits per heavy atom. The number of nitrogens with two attached hydrogens (primary N) is 1. The zero-order chi connectivity index (χ0) is 15.2. The third-order valence-corrected chi connectivity index (χ3v) is 4.45. The van der Waals surface area contributed by atoms with Crippen molar-refractivity contribution in [1.29, 1.82) is 0 Å². The second-order valence-corrected chi connectivity index (χ2v) is 6.36. The van der Waals surface area contributed by atoms with Crippen LogP contribution in [-0.4, -0.2) is 32.3 Å². The lowest BCUT2D eigenvalue weighted by molar-refractivity contribution is 0.0216. The molecular formula is C18H30N2O. The van der Waals surface area contributed by atoms with Gasteiger partial charge in [0, 0.05) is 31.9 Å². The maximum Gasteiger partial charge on any atom is 0.0749 e. The Morgan fingerprint density at radius 2 is 2.19 bits per heavy atom. The fourth-order valence-corrected chi connectivity index (χ4v) is 3.08. The van der Waals surface area contributed by atoms with Gasteiger partial charge in [-0.15, -0.1) is 0 Å². The highest BCUT2D eigenvalue weighted by Crippen LogP contribution is 2.23. The highest BCUT2D eigenvalue weighted by atomic mass is 16.5. The van der Waals surface area contributed by atoms with Crippen molar-refractivity contribution in [3.05, 3.63) is 29.3 Å². The Kier molecular flexibility index (Phi) is 6.07. The number of anilines is 1. The summed E-state index contributed by atoms with van der Waals surface area (Å²) in [6.45, 7) is 6.23. The minimum atomic E-state index is 0.267. The molecule has 2 N–H and O–H groups in total. The Balaban J connectivity index is 1.98. The highest BCUT2D eigenvalue weighted by molar-refractivity contribution is 5.54. The van der Waals surface area contributed by atoms with Gasteiger partial charge in [-0.25, -0.2) is 0 Å². The molecule has 21 heavy (non-hydrogen) atoms. The number of benzene rings is 1. The Hall–Kier alpha value is -1.06. The molecule has 2 rings (SSSR count). The van der Waals surface area contributed by atoms with E-state index in [9.17, 15) is 0 Å². The van der Waals surface area contributed by atoms with E-state index in [0.717, 1.165) is 26.0 Å². The maximum atomic E-state index is 6.05.